The molecule has 1 unspecified atom stereocenters. The number of unbranched alkanes of at least 4 members (excludes halogenated alkanes) is 3. The van der Waals surface area contributed by atoms with Crippen LogP contribution in [0.1, 0.15) is 58.4 Å². The Morgan fingerprint density at radius 1 is 1.19 bits per heavy atom. The molecule has 0 amide bonds. The van der Waals surface area contributed by atoms with Gasteiger partial charge in [-0.05, 0) is 38.8 Å². The van der Waals surface area contributed by atoms with Gasteiger partial charge in [0.1, 0.15) is 5.54 Å². The molecule has 0 aliphatic heterocycles. The summed E-state index contributed by atoms with van der Waals surface area (Å²) in [6.45, 7) is 8.45. The molecular formula is C18H29NO2. The lowest BCUT2D eigenvalue weighted by atomic mass is 9.93. The van der Waals surface area contributed by atoms with Crippen molar-refractivity contribution in [2.45, 2.75) is 65.3 Å². The van der Waals surface area contributed by atoms with Crippen molar-refractivity contribution in [2.75, 3.05) is 11.9 Å². The number of rotatable bonds is 9. The Kier molecular flexibility index (Phi) is 7.27. The Balaban J connectivity index is 2.80. The van der Waals surface area contributed by atoms with E-state index < -0.39 is 5.54 Å². The van der Waals surface area contributed by atoms with Crippen molar-refractivity contribution in [3.05, 3.63) is 29.8 Å². The third kappa shape index (κ3) is 5.41. The molecule has 0 saturated carbocycles. The molecule has 3 heteroatoms. The zero-order chi connectivity index (χ0) is 15.7. The number of hydrogen-bond donors (Lipinski definition) is 1. The quantitative estimate of drug-likeness (QED) is 0.529. The number of carbonyl (C=O) groups excluding carboxylic acids is 1. The summed E-state index contributed by atoms with van der Waals surface area (Å²) in [6.07, 6.45) is 5.38. The molecule has 0 bridgehead atoms. The third-order valence-corrected chi connectivity index (χ3v) is 3.81. The molecule has 21 heavy (non-hydrogen) atoms. The van der Waals surface area contributed by atoms with Crippen molar-refractivity contribution in [2.24, 2.45) is 0 Å². The first-order chi connectivity index (χ1) is 10.0. The summed E-state index contributed by atoms with van der Waals surface area (Å²) in [5, 5.41) is 3.41. The van der Waals surface area contributed by atoms with Crippen molar-refractivity contribution < 1.29 is 9.53 Å². The second-order valence-corrected chi connectivity index (χ2v) is 5.80. The molecule has 0 spiro atoms. The molecule has 118 valence electrons. The molecule has 0 fully saturated rings. The van der Waals surface area contributed by atoms with Crippen LogP contribution < -0.4 is 5.32 Å². The summed E-state index contributed by atoms with van der Waals surface area (Å²) >= 11 is 0. The van der Waals surface area contributed by atoms with Gasteiger partial charge in [-0.25, -0.2) is 4.79 Å². The Bertz CT molecular complexity index is 445. The minimum atomic E-state index is -0.657. The van der Waals surface area contributed by atoms with E-state index in [1.54, 1.807) is 0 Å². The van der Waals surface area contributed by atoms with Gasteiger partial charge in [0.15, 0.2) is 0 Å². The average molecular weight is 291 g/mol. The monoisotopic (exact) mass is 291 g/mol. The maximum Gasteiger partial charge on any atom is 0.331 e. The summed E-state index contributed by atoms with van der Waals surface area (Å²) in [7, 11) is 0. The van der Waals surface area contributed by atoms with Gasteiger partial charge in [-0.2, -0.15) is 0 Å². The van der Waals surface area contributed by atoms with E-state index >= 15 is 0 Å². The number of ether oxygens (including phenoxy) is 1. The van der Waals surface area contributed by atoms with Crippen LogP contribution in [0, 0.1) is 6.92 Å². The SMILES string of the molecule is CCCCCCC(C)(Nc1ccccc1C)C(=O)OCC. The maximum absolute atomic E-state index is 12.4. The van der Waals surface area contributed by atoms with Crippen LogP contribution in [0.25, 0.3) is 0 Å². The van der Waals surface area contributed by atoms with Crippen molar-refractivity contribution >= 4 is 11.7 Å². The van der Waals surface area contributed by atoms with Gasteiger partial charge in [0.2, 0.25) is 0 Å². The summed E-state index contributed by atoms with van der Waals surface area (Å²) < 4.78 is 5.27. The van der Waals surface area contributed by atoms with Gasteiger partial charge < -0.3 is 10.1 Å². The van der Waals surface area contributed by atoms with Crippen LogP contribution in [0.5, 0.6) is 0 Å². The van der Waals surface area contributed by atoms with Gasteiger partial charge in [0, 0.05) is 5.69 Å². The van der Waals surface area contributed by atoms with Crippen LogP contribution in [0.15, 0.2) is 24.3 Å². The number of nitrogens with one attached hydrogen (secondary N) is 1. The number of benzene rings is 1. The largest absolute Gasteiger partial charge is 0.464 e. The third-order valence-electron chi connectivity index (χ3n) is 3.81. The number of carbonyl (C=O) groups is 1. The highest BCUT2D eigenvalue weighted by molar-refractivity contribution is 5.84. The minimum Gasteiger partial charge on any atom is -0.464 e. The zero-order valence-electron chi connectivity index (χ0n) is 13.9. The van der Waals surface area contributed by atoms with E-state index in [0.29, 0.717) is 6.61 Å². The van der Waals surface area contributed by atoms with E-state index in [1.807, 2.05) is 45.0 Å². The highest BCUT2D eigenvalue weighted by Gasteiger charge is 2.34. The van der Waals surface area contributed by atoms with Gasteiger partial charge in [-0.1, -0.05) is 50.8 Å². The molecule has 0 aromatic heterocycles. The fourth-order valence-corrected chi connectivity index (χ4v) is 2.42. The van der Waals surface area contributed by atoms with E-state index in [2.05, 4.69) is 12.2 Å². The van der Waals surface area contributed by atoms with E-state index in [1.165, 1.54) is 12.8 Å². The molecule has 1 aromatic rings. The van der Waals surface area contributed by atoms with Crippen LogP contribution in [-0.2, 0) is 9.53 Å². The Hall–Kier alpha value is -1.51. The van der Waals surface area contributed by atoms with Crippen molar-refractivity contribution in [1.82, 2.24) is 0 Å². The summed E-state index contributed by atoms with van der Waals surface area (Å²) in [5.74, 6) is -0.162. The summed E-state index contributed by atoms with van der Waals surface area (Å²) in [5.41, 5.74) is 1.49. The van der Waals surface area contributed by atoms with Crippen molar-refractivity contribution in [3.63, 3.8) is 0 Å². The Morgan fingerprint density at radius 3 is 2.52 bits per heavy atom. The maximum atomic E-state index is 12.4. The second kappa shape index (κ2) is 8.71. The van der Waals surface area contributed by atoms with E-state index in [-0.39, 0.29) is 5.97 Å². The molecule has 0 radical (unpaired) electrons. The molecule has 3 nitrogen and oxygen atoms in total. The lowest BCUT2D eigenvalue weighted by molar-refractivity contribution is -0.148. The Labute approximate surface area is 129 Å². The van der Waals surface area contributed by atoms with E-state index in [4.69, 9.17) is 4.74 Å². The van der Waals surface area contributed by atoms with Crippen LogP contribution >= 0.6 is 0 Å². The minimum absolute atomic E-state index is 0.162. The fraction of sp³-hybridized carbons (Fsp3) is 0.611. The topological polar surface area (TPSA) is 38.3 Å². The molecule has 1 aromatic carbocycles. The highest BCUT2D eigenvalue weighted by atomic mass is 16.5. The lowest BCUT2D eigenvalue weighted by Crippen LogP contribution is -2.45. The van der Waals surface area contributed by atoms with Gasteiger partial charge in [-0.3, -0.25) is 0 Å². The molecule has 0 heterocycles. The predicted molar refractivity (Wildman–Crippen MR) is 88.6 cm³/mol. The van der Waals surface area contributed by atoms with Crippen LogP contribution in [0.2, 0.25) is 0 Å². The first kappa shape index (κ1) is 17.5. The normalized spacial score (nSPS) is 13.5. The van der Waals surface area contributed by atoms with Crippen LogP contribution in [-0.4, -0.2) is 18.1 Å². The van der Waals surface area contributed by atoms with Gasteiger partial charge in [0.25, 0.3) is 0 Å². The molecule has 1 rings (SSSR count). The highest BCUT2D eigenvalue weighted by Crippen LogP contribution is 2.25. The lowest BCUT2D eigenvalue weighted by Gasteiger charge is -2.30. The van der Waals surface area contributed by atoms with E-state index in [9.17, 15) is 4.79 Å². The molecule has 0 saturated heterocycles. The van der Waals surface area contributed by atoms with Crippen molar-refractivity contribution in [1.29, 1.82) is 0 Å². The average Bonchev–Trinajstić information content (AvgIpc) is 2.46. The molecule has 0 aliphatic carbocycles. The van der Waals surface area contributed by atoms with Crippen LogP contribution in [0.4, 0.5) is 5.69 Å². The second-order valence-electron chi connectivity index (χ2n) is 5.80. The predicted octanol–water partition coefficient (Wildman–Crippen LogP) is 4.70. The smallest absolute Gasteiger partial charge is 0.331 e. The first-order valence-corrected chi connectivity index (χ1v) is 8.04. The van der Waals surface area contributed by atoms with Gasteiger partial charge in [0.05, 0.1) is 6.61 Å². The number of aryl methyl sites for hydroxylation is 1. The standard InChI is InChI=1S/C18H29NO2/c1-5-7-8-11-14-18(4,17(20)21-6-2)19-16-13-10-9-12-15(16)3/h9-10,12-13,19H,5-8,11,14H2,1-4H3. The van der Waals surface area contributed by atoms with Crippen molar-refractivity contribution in [3.8, 4) is 0 Å². The van der Waals surface area contributed by atoms with Gasteiger partial charge in [-0.15, -0.1) is 0 Å². The Morgan fingerprint density at radius 2 is 1.90 bits per heavy atom. The van der Waals surface area contributed by atoms with Gasteiger partial charge >= 0.3 is 5.97 Å². The first-order valence-electron chi connectivity index (χ1n) is 8.04. The van der Waals surface area contributed by atoms with Crippen LogP contribution in [0.3, 0.4) is 0 Å². The molecule has 1 atom stereocenters. The number of anilines is 1. The van der Waals surface area contributed by atoms with E-state index in [0.717, 1.165) is 30.5 Å². The number of hydrogen-bond acceptors (Lipinski definition) is 3. The number of para-hydroxylation sites is 1. The molecule has 1 N–H and O–H groups in total. The zero-order valence-corrected chi connectivity index (χ0v) is 13.9. The number of esters is 1. The summed E-state index contributed by atoms with van der Waals surface area (Å²) in [6, 6.07) is 8.05. The summed E-state index contributed by atoms with van der Waals surface area (Å²) in [4.78, 5) is 12.4. The molecule has 0 aliphatic rings. The fourth-order valence-electron chi connectivity index (χ4n) is 2.42. The molecular weight excluding hydrogens is 262 g/mol.